The first-order chi connectivity index (χ1) is 12.8. The quantitative estimate of drug-likeness (QED) is 0.428. The lowest BCUT2D eigenvalue weighted by molar-refractivity contribution is -0.131. The summed E-state index contributed by atoms with van der Waals surface area (Å²) < 4.78 is 0. The summed E-state index contributed by atoms with van der Waals surface area (Å²) in [6, 6.07) is 7.24. The van der Waals surface area contributed by atoms with Gasteiger partial charge < -0.3 is 5.11 Å². The Morgan fingerprint density at radius 2 is 1.64 bits per heavy atom. The molecule has 0 spiro atoms. The molecular formula is C26H38O2. The topological polar surface area (TPSA) is 37.3 Å². The molecule has 2 atom stereocenters. The molecule has 1 aliphatic carbocycles. The van der Waals surface area contributed by atoms with Gasteiger partial charge in [-0.1, -0.05) is 85.2 Å². The van der Waals surface area contributed by atoms with Crippen LogP contribution in [0.25, 0.3) is 0 Å². The average molecular weight is 383 g/mol. The Balaban J connectivity index is 2.47. The van der Waals surface area contributed by atoms with Crippen molar-refractivity contribution in [3.05, 3.63) is 58.7 Å². The summed E-state index contributed by atoms with van der Waals surface area (Å²) in [7, 11) is 0. The van der Waals surface area contributed by atoms with Gasteiger partial charge in [0.1, 0.15) is 0 Å². The van der Waals surface area contributed by atoms with E-state index in [1.807, 2.05) is 13.0 Å². The van der Waals surface area contributed by atoms with Gasteiger partial charge in [0, 0.05) is 11.5 Å². The number of hydrogen-bond acceptors (Lipinski definition) is 1. The third-order valence-corrected chi connectivity index (χ3v) is 6.01. The predicted molar refractivity (Wildman–Crippen MR) is 119 cm³/mol. The number of carboxylic acid groups (broad SMARTS) is 1. The van der Waals surface area contributed by atoms with E-state index in [9.17, 15) is 4.79 Å². The zero-order valence-electron chi connectivity index (χ0n) is 19.0. The molecule has 154 valence electrons. The summed E-state index contributed by atoms with van der Waals surface area (Å²) in [5.74, 6) is -0.405. The number of rotatable bonds is 6. The van der Waals surface area contributed by atoms with E-state index in [2.05, 4.69) is 72.7 Å². The Morgan fingerprint density at radius 1 is 1.11 bits per heavy atom. The lowest BCUT2D eigenvalue weighted by Crippen LogP contribution is -2.20. The third-order valence-electron chi connectivity index (χ3n) is 6.01. The van der Waals surface area contributed by atoms with Gasteiger partial charge in [-0.25, -0.2) is 4.79 Å². The predicted octanol–water partition coefficient (Wildman–Crippen LogP) is 6.93. The Hall–Kier alpha value is -1.83. The van der Waals surface area contributed by atoms with Crippen LogP contribution in [0.5, 0.6) is 0 Å². The van der Waals surface area contributed by atoms with Crippen LogP contribution in [0.1, 0.15) is 91.3 Å². The van der Waals surface area contributed by atoms with Gasteiger partial charge in [0.2, 0.25) is 0 Å². The molecule has 1 aromatic carbocycles. The molecule has 1 N–H and O–H groups in total. The summed E-state index contributed by atoms with van der Waals surface area (Å²) in [5.41, 5.74) is 5.49. The van der Waals surface area contributed by atoms with Gasteiger partial charge in [-0.05, 0) is 58.8 Å². The van der Waals surface area contributed by atoms with E-state index in [0.29, 0.717) is 5.92 Å². The van der Waals surface area contributed by atoms with Crippen LogP contribution in [0.3, 0.4) is 0 Å². The van der Waals surface area contributed by atoms with Crippen LogP contribution in [-0.4, -0.2) is 11.1 Å². The molecule has 0 amide bonds. The number of benzene rings is 1. The lowest BCUT2D eigenvalue weighted by Gasteiger charge is -2.28. The molecule has 1 unspecified atom stereocenters. The first-order valence-corrected chi connectivity index (χ1v) is 10.6. The van der Waals surface area contributed by atoms with E-state index in [0.717, 1.165) is 18.4 Å². The van der Waals surface area contributed by atoms with Crippen molar-refractivity contribution < 1.29 is 9.90 Å². The second-order valence-electron chi connectivity index (χ2n) is 10.6. The zero-order chi connectivity index (χ0) is 21.3. The van der Waals surface area contributed by atoms with Gasteiger partial charge in [0.25, 0.3) is 0 Å². The molecule has 1 saturated carbocycles. The van der Waals surface area contributed by atoms with Crippen LogP contribution in [0.2, 0.25) is 0 Å². The Bertz CT molecular complexity index is 751. The zero-order valence-corrected chi connectivity index (χ0v) is 19.0. The van der Waals surface area contributed by atoms with Crippen LogP contribution in [-0.2, 0) is 21.0 Å². The van der Waals surface area contributed by atoms with Crippen molar-refractivity contribution in [1.29, 1.82) is 0 Å². The normalized spacial score (nSPS) is 23.3. The van der Waals surface area contributed by atoms with Crippen LogP contribution in [0.4, 0.5) is 0 Å². The highest BCUT2D eigenvalue weighted by Gasteiger charge is 2.53. The number of carboxylic acids is 1. The molecule has 0 aromatic heterocycles. The number of aliphatic carboxylic acids is 1. The lowest BCUT2D eigenvalue weighted by atomic mass is 9.76. The van der Waals surface area contributed by atoms with Crippen molar-refractivity contribution >= 4 is 5.97 Å². The molecule has 0 saturated heterocycles. The van der Waals surface area contributed by atoms with Gasteiger partial charge in [-0.3, -0.25) is 0 Å². The summed E-state index contributed by atoms with van der Waals surface area (Å²) >= 11 is 0. The molecule has 0 heterocycles. The molecule has 1 fully saturated rings. The first-order valence-electron chi connectivity index (χ1n) is 10.6. The maximum absolute atomic E-state index is 10.9. The molecule has 0 aliphatic heterocycles. The second kappa shape index (κ2) is 7.89. The van der Waals surface area contributed by atoms with Crippen molar-refractivity contribution in [2.24, 2.45) is 5.92 Å². The minimum atomic E-state index is -0.884. The van der Waals surface area contributed by atoms with Gasteiger partial charge in [-0.15, -0.1) is 0 Å². The molecule has 2 nitrogen and oxygen atoms in total. The Kier molecular flexibility index (Phi) is 6.33. The molecule has 1 aliphatic rings. The highest BCUT2D eigenvalue weighted by molar-refractivity contribution is 5.81. The van der Waals surface area contributed by atoms with E-state index in [1.165, 1.54) is 29.2 Å². The van der Waals surface area contributed by atoms with Crippen molar-refractivity contribution in [3.8, 4) is 0 Å². The average Bonchev–Trinajstić information content (AvgIpc) is 3.25. The highest BCUT2D eigenvalue weighted by atomic mass is 16.4. The minimum Gasteiger partial charge on any atom is -0.478 e. The smallest absolute Gasteiger partial charge is 0.328 e. The first kappa shape index (κ1) is 22.5. The van der Waals surface area contributed by atoms with Crippen LogP contribution < -0.4 is 0 Å². The van der Waals surface area contributed by atoms with E-state index in [1.54, 1.807) is 0 Å². The molecule has 2 rings (SSSR count). The van der Waals surface area contributed by atoms with Gasteiger partial charge in [-0.2, -0.15) is 0 Å². The number of hydrogen-bond donors (Lipinski definition) is 1. The number of carbonyl (C=O) groups is 1. The molecule has 1 aromatic rings. The standard InChI is InChI=1S/C26H38O2/c1-9-12-26(17-19(26)11-10-18(2)13-23(27)28)22-15-20(24(3,4)5)14-21(16-22)25(6,7)8/h10-11,13-16,19H,9,12,17H2,1-8H3,(H,27,28)/t19-,26?/m0/s1. The highest BCUT2D eigenvalue weighted by Crippen LogP contribution is 2.59. The fraction of sp³-hybridized carbons (Fsp3) is 0.577. The van der Waals surface area contributed by atoms with Crippen molar-refractivity contribution in [2.45, 2.75) is 90.9 Å². The summed E-state index contributed by atoms with van der Waals surface area (Å²) in [5, 5.41) is 8.93. The summed E-state index contributed by atoms with van der Waals surface area (Å²) in [6.45, 7) is 17.8. The maximum Gasteiger partial charge on any atom is 0.328 e. The molecule has 0 bridgehead atoms. The molecule has 0 radical (unpaired) electrons. The Morgan fingerprint density at radius 3 is 2.07 bits per heavy atom. The van der Waals surface area contributed by atoms with Crippen LogP contribution >= 0.6 is 0 Å². The van der Waals surface area contributed by atoms with Crippen molar-refractivity contribution in [3.63, 3.8) is 0 Å². The fourth-order valence-corrected chi connectivity index (χ4v) is 4.09. The molecular weight excluding hydrogens is 344 g/mol. The van der Waals surface area contributed by atoms with E-state index in [-0.39, 0.29) is 16.2 Å². The molecule has 28 heavy (non-hydrogen) atoms. The summed E-state index contributed by atoms with van der Waals surface area (Å²) in [4.78, 5) is 10.9. The monoisotopic (exact) mass is 382 g/mol. The summed E-state index contributed by atoms with van der Waals surface area (Å²) in [6.07, 6.45) is 8.95. The second-order valence-corrected chi connectivity index (χ2v) is 10.6. The van der Waals surface area contributed by atoms with Crippen molar-refractivity contribution in [1.82, 2.24) is 0 Å². The minimum absolute atomic E-state index is 0.116. The van der Waals surface area contributed by atoms with E-state index < -0.39 is 5.97 Å². The SMILES string of the molecule is CCCC1(c2cc(C(C)(C)C)cc(C(C)(C)C)c2)C[C@@H]1C=CC(C)=CC(=O)O. The van der Waals surface area contributed by atoms with Gasteiger partial charge in [0.15, 0.2) is 0 Å². The van der Waals surface area contributed by atoms with Crippen LogP contribution in [0, 0.1) is 5.92 Å². The van der Waals surface area contributed by atoms with Crippen LogP contribution in [0.15, 0.2) is 42.0 Å². The fourth-order valence-electron chi connectivity index (χ4n) is 4.09. The largest absolute Gasteiger partial charge is 0.478 e. The molecule has 2 heteroatoms. The van der Waals surface area contributed by atoms with E-state index in [4.69, 9.17) is 5.11 Å². The third kappa shape index (κ3) is 5.16. The number of allylic oxidation sites excluding steroid dienone is 3. The van der Waals surface area contributed by atoms with Crippen molar-refractivity contribution in [2.75, 3.05) is 0 Å². The maximum atomic E-state index is 10.9. The Labute approximate surface area is 171 Å². The van der Waals surface area contributed by atoms with E-state index >= 15 is 0 Å². The van der Waals surface area contributed by atoms with Gasteiger partial charge in [0.05, 0.1) is 0 Å². The van der Waals surface area contributed by atoms with Gasteiger partial charge >= 0.3 is 5.97 Å².